The Hall–Kier alpha value is -3.33. The Morgan fingerprint density at radius 3 is 2.24 bits per heavy atom. The average molecular weight is 520 g/mol. The molecule has 0 saturated carbocycles. The van der Waals surface area contributed by atoms with Crippen molar-refractivity contribution in [2.75, 3.05) is 0 Å². The van der Waals surface area contributed by atoms with E-state index in [1.165, 1.54) is 17.0 Å². The summed E-state index contributed by atoms with van der Waals surface area (Å²) in [4.78, 5) is 27.3. The van der Waals surface area contributed by atoms with Gasteiger partial charge in [-0.3, -0.25) is 9.59 Å². The molecule has 0 saturated heterocycles. The number of nitrogens with zero attached hydrogens (tertiary/aromatic N) is 1. The van der Waals surface area contributed by atoms with Crippen LogP contribution in [0.5, 0.6) is 5.75 Å². The van der Waals surface area contributed by atoms with E-state index in [-0.39, 0.29) is 23.8 Å². The second-order valence-electron chi connectivity index (χ2n) is 7.52. The molecule has 0 bridgehead atoms. The third kappa shape index (κ3) is 4.88. The van der Waals surface area contributed by atoms with Gasteiger partial charge in [0, 0.05) is 16.6 Å². The lowest BCUT2D eigenvalue weighted by atomic mass is 9.79. The third-order valence-corrected chi connectivity index (χ3v) is 5.95. The summed E-state index contributed by atoms with van der Waals surface area (Å²) in [5.74, 6) is -2.84. The maximum atomic E-state index is 13.4. The first-order valence-corrected chi connectivity index (χ1v) is 10.7. The molecule has 1 aliphatic heterocycles. The van der Waals surface area contributed by atoms with Crippen molar-refractivity contribution in [2.24, 2.45) is 0 Å². The van der Waals surface area contributed by atoms with Crippen molar-refractivity contribution < 1.29 is 32.6 Å². The van der Waals surface area contributed by atoms with E-state index in [9.17, 15) is 27.9 Å². The predicted octanol–water partition coefficient (Wildman–Crippen LogP) is 5.91. The highest BCUT2D eigenvalue weighted by Crippen LogP contribution is 2.43. The molecule has 1 N–H and O–H groups in total. The van der Waals surface area contributed by atoms with Crippen molar-refractivity contribution in [1.29, 1.82) is 0 Å². The van der Waals surface area contributed by atoms with E-state index >= 15 is 0 Å². The molecule has 1 amide bonds. The van der Waals surface area contributed by atoms with Gasteiger partial charge in [-0.15, -0.1) is 13.2 Å². The molecule has 1 heterocycles. The van der Waals surface area contributed by atoms with Crippen LogP contribution in [0.15, 0.2) is 77.3 Å². The maximum Gasteiger partial charge on any atom is 0.573 e. The number of carboxylic acids is 1. The van der Waals surface area contributed by atoms with Crippen LogP contribution in [-0.4, -0.2) is 28.2 Å². The zero-order valence-corrected chi connectivity index (χ0v) is 18.5. The van der Waals surface area contributed by atoms with E-state index < -0.39 is 24.3 Å². The number of hydrogen-bond acceptors (Lipinski definition) is 3. The van der Waals surface area contributed by atoms with Gasteiger partial charge in [-0.2, -0.15) is 0 Å². The minimum absolute atomic E-state index is 0.00394. The van der Waals surface area contributed by atoms with Gasteiger partial charge in [0.25, 0.3) is 5.91 Å². The Morgan fingerprint density at radius 1 is 1.00 bits per heavy atom. The predicted molar refractivity (Wildman–Crippen MR) is 117 cm³/mol. The molecule has 33 heavy (non-hydrogen) atoms. The highest BCUT2D eigenvalue weighted by molar-refractivity contribution is 9.10. The summed E-state index contributed by atoms with van der Waals surface area (Å²) < 4.78 is 42.1. The summed E-state index contributed by atoms with van der Waals surface area (Å²) in [6, 6.07) is 17.9. The number of rotatable bonds is 5. The number of fused-ring (bicyclic) bond motifs is 1. The highest BCUT2D eigenvalue weighted by Gasteiger charge is 2.44. The van der Waals surface area contributed by atoms with Crippen molar-refractivity contribution in [3.8, 4) is 5.75 Å². The van der Waals surface area contributed by atoms with Crippen LogP contribution in [0.4, 0.5) is 13.2 Å². The molecule has 3 aromatic rings. The summed E-state index contributed by atoms with van der Waals surface area (Å²) in [5.41, 5.74) is 1.87. The van der Waals surface area contributed by atoms with Gasteiger partial charge < -0.3 is 14.7 Å². The van der Waals surface area contributed by atoms with Crippen LogP contribution in [0.2, 0.25) is 0 Å². The third-order valence-electron chi connectivity index (χ3n) is 5.43. The normalized spacial score (nSPS) is 18.1. The molecule has 170 valence electrons. The first kappa shape index (κ1) is 22.8. The van der Waals surface area contributed by atoms with Gasteiger partial charge in [0.2, 0.25) is 0 Å². The Morgan fingerprint density at radius 2 is 1.64 bits per heavy atom. The number of hydrogen-bond donors (Lipinski definition) is 1. The molecule has 0 radical (unpaired) electrons. The minimum Gasteiger partial charge on any atom is -0.481 e. The molecule has 4 rings (SSSR count). The second kappa shape index (κ2) is 8.90. The SMILES string of the molecule is O=C(O)C1c2ccccc2C(=O)N(Cc2ccc(OC(F)(F)F)cc2)C1c1ccc(Br)cc1. The molecular weight excluding hydrogens is 503 g/mol. The molecule has 5 nitrogen and oxygen atoms in total. The lowest BCUT2D eigenvalue weighted by Crippen LogP contribution is -2.44. The van der Waals surface area contributed by atoms with Crippen LogP contribution < -0.4 is 4.74 Å². The molecule has 0 aromatic heterocycles. The quantitative estimate of drug-likeness (QED) is 0.454. The maximum absolute atomic E-state index is 13.4. The molecule has 2 atom stereocenters. The largest absolute Gasteiger partial charge is 0.573 e. The number of carbonyl (C=O) groups is 2. The number of carboxylic acid groups (broad SMARTS) is 1. The number of carbonyl (C=O) groups excluding carboxylic acids is 1. The van der Waals surface area contributed by atoms with Crippen molar-refractivity contribution in [3.63, 3.8) is 0 Å². The second-order valence-corrected chi connectivity index (χ2v) is 8.44. The van der Waals surface area contributed by atoms with E-state index in [0.717, 1.165) is 16.6 Å². The van der Waals surface area contributed by atoms with Crippen molar-refractivity contribution in [3.05, 3.63) is 99.5 Å². The number of halogens is 4. The molecule has 0 aliphatic carbocycles. The van der Waals surface area contributed by atoms with Gasteiger partial charge >= 0.3 is 12.3 Å². The summed E-state index contributed by atoms with van der Waals surface area (Å²) in [6.45, 7) is 0.00394. The number of alkyl halides is 3. The molecule has 0 spiro atoms. The highest BCUT2D eigenvalue weighted by atomic mass is 79.9. The first-order valence-electron chi connectivity index (χ1n) is 9.87. The van der Waals surface area contributed by atoms with E-state index in [0.29, 0.717) is 16.7 Å². The number of amides is 1. The molecule has 0 fully saturated rings. The summed E-state index contributed by atoms with van der Waals surface area (Å²) in [6.07, 6.45) is -4.81. The van der Waals surface area contributed by atoms with Crippen LogP contribution in [-0.2, 0) is 11.3 Å². The monoisotopic (exact) mass is 519 g/mol. The van der Waals surface area contributed by atoms with Gasteiger partial charge in [-0.05, 0) is 47.0 Å². The number of benzene rings is 3. The summed E-state index contributed by atoms with van der Waals surface area (Å²) in [5, 5.41) is 10.1. The fourth-order valence-electron chi connectivity index (χ4n) is 4.06. The average Bonchev–Trinajstić information content (AvgIpc) is 2.76. The fraction of sp³-hybridized carbons (Fsp3) is 0.167. The smallest absolute Gasteiger partial charge is 0.481 e. The number of aliphatic carboxylic acids is 1. The lowest BCUT2D eigenvalue weighted by Gasteiger charge is -2.41. The van der Waals surface area contributed by atoms with E-state index in [1.54, 1.807) is 48.5 Å². The van der Waals surface area contributed by atoms with Crippen LogP contribution in [0.1, 0.15) is 39.0 Å². The molecule has 2 unspecified atom stereocenters. The van der Waals surface area contributed by atoms with Crippen LogP contribution in [0.25, 0.3) is 0 Å². The minimum atomic E-state index is -4.81. The van der Waals surface area contributed by atoms with Crippen molar-refractivity contribution in [2.45, 2.75) is 24.9 Å². The standard InChI is InChI=1S/C24H17BrF3NO4/c25-16-9-7-15(8-10-16)21-20(23(31)32)18-3-1-2-4-19(18)22(30)29(21)13-14-5-11-17(12-6-14)33-24(26,27)28/h1-12,20-21H,13H2,(H,31,32). The first-order chi connectivity index (χ1) is 15.6. The summed E-state index contributed by atoms with van der Waals surface area (Å²) in [7, 11) is 0. The van der Waals surface area contributed by atoms with E-state index in [4.69, 9.17) is 0 Å². The van der Waals surface area contributed by atoms with Crippen molar-refractivity contribution >= 4 is 27.8 Å². The molecule has 3 aromatic carbocycles. The molecule has 1 aliphatic rings. The molecular formula is C24H17BrF3NO4. The van der Waals surface area contributed by atoms with Crippen LogP contribution in [0.3, 0.4) is 0 Å². The Labute approximate surface area is 195 Å². The Bertz CT molecular complexity index is 1180. The fourth-order valence-corrected chi connectivity index (χ4v) is 4.32. The Kier molecular flexibility index (Phi) is 6.16. The summed E-state index contributed by atoms with van der Waals surface area (Å²) >= 11 is 3.36. The number of ether oxygens (including phenoxy) is 1. The molecule has 9 heteroatoms. The van der Waals surface area contributed by atoms with Crippen LogP contribution >= 0.6 is 15.9 Å². The zero-order valence-electron chi connectivity index (χ0n) is 16.9. The lowest BCUT2D eigenvalue weighted by molar-refractivity contribution is -0.274. The Balaban J connectivity index is 1.76. The van der Waals surface area contributed by atoms with Gasteiger partial charge in [0.15, 0.2) is 0 Å². The zero-order chi connectivity index (χ0) is 23.8. The van der Waals surface area contributed by atoms with Gasteiger partial charge in [-0.1, -0.05) is 58.4 Å². The van der Waals surface area contributed by atoms with Gasteiger partial charge in [-0.25, -0.2) is 0 Å². The van der Waals surface area contributed by atoms with Gasteiger partial charge in [0.05, 0.1) is 6.04 Å². The van der Waals surface area contributed by atoms with E-state index in [1.807, 2.05) is 0 Å². The topological polar surface area (TPSA) is 66.8 Å². The van der Waals surface area contributed by atoms with Crippen molar-refractivity contribution in [1.82, 2.24) is 4.90 Å². The van der Waals surface area contributed by atoms with Crippen LogP contribution in [0, 0.1) is 0 Å². The van der Waals surface area contributed by atoms with E-state index in [2.05, 4.69) is 20.7 Å². The van der Waals surface area contributed by atoms with Gasteiger partial charge in [0.1, 0.15) is 11.7 Å².